The molecule has 0 saturated carbocycles. The number of hydrogen-bond donors (Lipinski definition) is 2. The van der Waals surface area contributed by atoms with Crippen LogP contribution in [0, 0.1) is 12.7 Å². The van der Waals surface area contributed by atoms with Crippen LogP contribution in [0.3, 0.4) is 0 Å². The molecule has 0 aliphatic rings. The Kier molecular flexibility index (Phi) is 4.26. The molecular weight excluding hydrogens is 265 g/mol. The number of nitrogens with one attached hydrogen (secondary N) is 1. The van der Waals surface area contributed by atoms with Crippen molar-refractivity contribution < 1.29 is 13.9 Å². The van der Waals surface area contributed by atoms with Gasteiger partial charge in [-0.05, 0) is 25.5 Å². The van der Waals surface area contributed by atoms with E-state index < -0.39 is 5.82 Å². The zero-order chi connectivity index (χ0) is 14.5. The van der Waals surface area contributed by atoms with E-state index in [1.807, 2.05) is 0 Å². The molecule has 1 heterocycles. The molecule has 0 unspecified atom stereocenters. The number of halogens is 1. The van der Waals surface area contributed by atoms with Gasteiger partial charge in [-0.25, -0.2) is 10.2 Å². The number of benzene rings is 1. The maximum Gasteiger partial charge on any atom is 0.330 e. The Morgan fingerprint density at radius 1 is 1.25 bits per heavy atom. The van der Waals surface area contributed by atoms with Gasteiger partial charge in [0.25, 0.3) is 0 Å². The SMILES string of the molecule is CCOc1nc(NN)nc(Oc2cccc(C)c2F)n1. The predicted molar refractivity (Wildman–Crippen MR) is 70.0 cm³/mol. The number of hydrazine groups is 1. The van der Waals surface area contributed by atoms with Gasteiger partial charge in [0.05, 0.1) is 6.61 Å². The summed E-state index contributed by atoms with van der Waals surface area (Å²) < 4.78 is 24.3. The molecule has 0 saturated heterocycles. The van der Waals surface area contributed by atoms with E-state index in [1.54, 1.807) is 26.0 Å². The van der Waals surface area contributed by atoms with Crippen LogP contribution in [0.1, 0.15) is 12.5 Å². The van der Waals surface area contributed by atoms with Gasteiger partial charge >= 0.3 is 12.0 Å². The second-order valence-electron chi connectivity index (χ2n) is 3.79. The summed E-state index contributed by atoms with van der Waals surface area (Å²) in [5.74, 6) is 4.84. The topological polar surface area (TPSA) is 95.2 Å². The van der Waals surface area contributed by atoms with Crippen LogP contribution < -0.4 is 20.7 Å². The number of aromatic nitrogens is 3. The third-order valence-electron chi connectivity index (χ3n) is 2.35. The smallest absolute Gasteiger partial charge is 0.330 e. The highest BCUT2D eigenvalue weighted by molar-refractivity contribution is 5.33. The molecule has 20 heavy (non-hydrogen) atoms. The van der Waals surface area contributed by atoms with Crippen molar-refractivity contribution in [3.63, 3.8) is 0 Å². The average Bonchev–Trinajstić information content (AvgIpc) is 2.44. The van der Waals surface area contributed by atoms with E-state index in [9.17, 15) is 4.39 Å². The third kappa shape index (κ3) is 3.09. The lowest BCUT2D eigenvalue weighted by molar-refractivity contribution is 0.302. The summed E-state index contributed by atoms with van der Waals surface area (Å²) >= 11 is 0. The molecule has 8 heteroatoms. The van der Waals surface area contributed by atoms with Crippen molar-refractivity contribution in [2.45, 2.75) is 13.8 Å². The van der Waals surface area contributed by atoms with Crippen LogP contribution in [0.4, 0.5) is 10.3 Å². The minimum absolute atomic E-state index is 0.0154. The lowest BCUT2D eigenvalue weighted by atomic mass is 10.2. The Balaban J connectivity index is 2.32. The van der Waals surface area contributed by atoms with Crippen LogP contribution in [-0.2, 0) is 0 Å². The Hall–Kier alpha value is -2.48. The van der Waals surface area contributed by atoms with Crippen molar-refractivity contribution in [3.05, 3.63) is 29.6 Å². The Morgan fingerprint density at radius 3 is 2.70 bits per heavy atom. The normalized spacial score (nSPS) is 10.2. The zero-order valence-electron chi connectivity index (χ0n) is 11.1. The molecule has 0 radical (unpaired) electrons. The fourth-order valence-corrected chi connectivity index (χ4v) is 1.44. The van der Waals surface area contributed by atoms with Gasteiger partial charge < -0.3 is 9.47 Å². The standard InChI is InChI=1S/C12H14FN5O2/c1-3-19-11-15-10(18-14)16-12(17-11)20-8-6-4-5-7(2)9(8)13/h4-6H,3,14H2,1-2H3,(H,15,16,17,18). The summed E-state index contributed by atoms with van der Waals surface area (Å²) in [5.41, 5.74) is 2.72. The van der Waals surface area contributed by atoms with E-state index in [2.05, 4.69) is 20.4 Å². The molecule has 0 fully saturated rings. The summed E-state index contributed by atoms with van der Waals surface area (Å²) in [4.78, 5) is 11.7. The molecule has 0 aliphatic carbocycles. The first-order valence-electron chi connectivity index (χ1n) is 5.92. The molecule has 0 amide bonds. The number of ether oxygens (including phenoxy) is 2. The number of nitrogens with zero attached hydrogens (tertiary/aromatic N) is 3. The molecule has 7 nitrogen and oxygen atoms in total. The zero-order valence-corrected chi connectivity index (χ0v) is 11.1. The quantitative estimate of drug-likeness (QED) is 0.636. The number of nitrogens with two attached hydrogens (primary N) is 1. The largest absolute Gasteiger partial charge is 0.464 e. The van der Waals surface area contributed by atoms with E-state index in [4.69, 9.17) is 15.3 Å². The molecule has 2 rings (SSSR count). The Labute approximate surface area is 114 Å². The molecule has 2 aromatic rings. The molecule has 0 aliphatic heterocycles. The predicted octanol–water partition coefficient (Wildman–Crippen LogP) is 1.80. The van der Waals surface area contributed by atoms with Gasteiger partial charge in [0, 0.05) is 0 Å². The summed E-state index contributed by atoms with van der Waals surface area (Å²) in [6.45, 7) is 3.78. The fraction of sp³-hybridized carbons (Fsp3) is 0.250. The molecule has 1 aromatic heterocycles. The van der Waals surface area contributed by atoms with E-state index in [-0.39, 0.29) is 23.7 Å². The van der Waals surface area contributed by atoms with Crippen LogP contribution >= 0.6 is 0 Å². The van der Waals surface area contributed by atoms with E-state index in [1.165, 1.54) is 6.07 Å². The van der Waals surface area contributed by atoms with Crippen LogP contribution in [0.5, 0.6) is 17.8 Å². The highest BCUT2D eigenvalue weighted by Gasteiger charge is 2.12. The lowest BCUT2D eigenvalue weighted by Gasteiger charge is -2.09. The van der Waals surface area contributed by atoms with Gasteiger partial charge in [-0.2, -0.15) is 9.97 Å². The Morgan fingerprint density at radius 2 is 2.00 bits per heavy atom. The first-order valence-corrected chi connectivity index (χ1v) is 5.92. The number of nitrogen functional groups attached to an aromatic ring is 1. The van der Waals surface area contributed by atoms with Gasteiger partial charge in [0.15, 0.2) is 11.6 Å². The van der Waals surface area contributed by atoms with E-state index >= 15 is 0 Å². The number of rotatable bonds is 5. The highest BCUT2D eigenvalue weighted by atomic mass is 19.1. The van der Waals surface area contributed by atoms with Gasteiger partial charge in [-0.1, -0.05) is 12.1 Å². The summed E-state index contributed by atoms with van der Waals surface area (Å²) in [6.07, 6.45) is 0. The van der Waals surface area contributed by atoms with Crippen molar-refractivity contribution in [1.29, 1.82) is 0 Å². The van der Waals surface area contributed by atoms with Crippen molar-refractivity contribution in [2.24, 2.45) is 5.84 Å². The molecule has 3 N–H and O–H groups in total. The summed E-state index contributed by atoms with van der Waals surface area (Å²) in [6, 6.07) is 4.70. The van der Waals surface area contributed by atoms with Crippen molar-refractivity contribution in [1.82, 2.24) is 15.0 Å². The average molecular weight is 279 g/mol. The molecule has 1 aromatic carbocycles. The van der Waals surface area contributed by atoms with Gasteiger partial charge in [0.2, 0.25) is 5.95 Å². The van der Waals surface area contributed by atoms with E-state index in [0.717, 1.165) is 0 Å². The van der Waals surface area contributed by atoms with Crippen LogP contribution in [0.15, 0.2) is 18.2 Å². The molecule has 0 atom stereocenters. The maximum atomic E-state index is 13.9. The lowest BCUT2D eigenvalue weighted by Crippen LogP contribution is -2.13. The Bertz CT molecular complexity index is 608. The van der Waals surface area contributed by atoms with Crippen molar-refractivity contribution in [2.75, 3.05) is 12.0 Å². The minimum atomic E-state index is -0.479. The van der Waals surface area contributed by atoms with Crippen LogP contribution in [-0.4, -0.2) is 21.6 Å². The van der Waals surface area contributed by atoms with Crippen molar-refractivity contribution in [3.8, 4) is 17.8 Å². The van der Waals surface area contributed by atoms with Crippen LogP contribution in [0.25, 0.3) is 0 Å². The number of hydrogen-bond acceptors (Lipinski definition) is 7. The van der Waals surface area contributed by atoms with Gasteiger partial charge in [0.1, 0.15) is 0 Å². The van der Waals surface area contributed by atoms with Crippen LogP contribution in [0.2, 0.25) is 0 Å². The van der Waals surface area contributed by atoms with Crippen molar-refractivity contribution >= 4 is 5.95 Å². The number of anilines is 1. The second kappa shape index (κ2) is 6.11. The van der Waals surface area contributed by atoms with E-state index in [0.29, 0.717) is 12.2 Å². The second-order valence-corrected chi connectivity index (χ2v) is 3.79. The molecule has 106 valence electrons. The first kappa shape index (κ1) is 13.9. The first-order chi connectivity index (χ1) is 9.63. The maximum absolute atomic E-state index is 13.9. The molecule has 0 spiro atoms. The van der Waals surface area contributed by atoms with Gasteiger partial charge in [-0.15, -0.1) is 4.98 Å². The third-order valence-corrected chi connectivity index (χ3v) is 2.35. The monoisotopic (exact) mass is 279 g/mol. The van der Waals surface area contributed by atoms with Gasteiger partial charge in [-0.3, -0.25) is 5.43 Å². The molecular formula is C12H14FN5O2. The molecule has 0 bridgehead atoms. The summed E-state index contributed by atoms with van der Waals surface area (Å²) in [5, 5.41) is 0. The highest BCUT2D eigenvalue weighted by Crippen LogP contribution is 2.25. The fourth-order valence-electron chi connectivity index (χ4n) is 1.44. The minimum Gasteiger partial charge on any atom is -0.464 e. The number of aryl methyl sites for hydroxylation is 1. The summed E-state index contributed by atoms with van der Waals surface area (Å²) in [7, 11) is 0.